The van der Waals surface area contributed by atoms with Crippen molar-refractivity contribution in [1.29, 1.82) is 0 Å². The number of hydrogen-bond acceptors (Lipinski definition) is 3. The normalized spacial score (nSPS) is 12.6. The zero-order valence-corrected chi connectivity index (χ0v) is 13.8. The summed E-state index contributed by atoms with van der Waals surface area (Å²) < 4.78 is 2.95. The molecule has 1 N–H and O–H groups in total. The van der Waals surface area contributed by atoms with Crippen molar-refractivity contribution in [3.05, 3.63) is 40.6 Å². The highest BCUT2D eigenvalue weighted by Crippen LogP contribution is 2.34. The number of hydrogen-bond donors (Lipinski definition) is 1. The van der Waals surface area contributed by atoms with Crippen molar-refractivity contribution in [3.63, 3.8) is 0 Å². The molecule has 19 heavy (non-hydrogen) atoms. The van der Waals surface area contributed by atoms with Crippen LogP contribution in [0.25, 0.3) is 0 Å². The standard InChI is InChI=1S/C14H18BrN3S/c1-4-16-10(2)11-5-6-14(13(15)7-11)19-12-8-17-18(3)9-12/h5-10,16H,4H2,1-3H3. The van der Waals surface area contributed by atoms with Crippen molar-refractivity contribution in [3.8, 4) is 0 Å². The quantitative estimate of drug-likeness (QED) is 0.892. The molecule has 3 nitrogen and oxygen atoms in total. The molecule has 2 rings (SSSR count). The fourth-order valence-corrected chi connectivity index (χ4v) is 3.36. The highest BCUT2D eigenvalue weighted by molar-refractivity contribution is 9.10. The fraction of sp³-hybridized carbons (Fsp3) is 0.357. The van der Waals surface area contributed by atoms with E-state index < -0.39 is 0 Å². The van der Waals surface area contributed by atoms with Crippen LogP contribution in [0.2, 0.25) is 0 Å². The van der Waals surface area contributed by atoms with Gasteiger partial charge in [0, 0.05) is 28.7 Å². The van der Waals surface area contributed by atoms with Gasteiger partial charge in [-0.15, -0.1) is 0 Å². The first-order chi connectivity index (χ1) is 9.10. The Labute approximate surface area is 126 Å². The van der Waals surface area contributed by atoms with E-state index in [1.165, 1.54) is 10.5 Å². The van der Waals surface area contributed by atoms with Crippen molar-refractivity contribution in [1.82, 2.24) is 15.1 Å². The molecule has 0 aliphatic heterocycles. The number of nitrogens with zero attached hydrogens (tertiary/aromatic N) is 2. The van der Waals surface area contributed by atoms with E-state index in [0.29, 0.717) is 6.04 Å². The molecule has 0 fully saturated rings. The van der Waals surface area contributed by atoms with Gasteiger partial charge in [0.2, 0.25) is 0 Å². The third-order valence-electron chi connectivity index (χ3n) is 2.88. The predicted molar refractivity (Wildman–Crippen MR) is 83.6 cm³/mol. The molecule has 0 saturated carbocycles. The number of halogens is 1. The lowest BCUT2D eigenvalue weighted by molar-refractivity contribution is 0.597. The van der Waals surface area contributed by atoms with Crippen molar-refractivity contribution >= 4 is 27.7 Å². The maximum absolute atomic E-state index is 4.18. The largest absolute Gasteiger partial charge is 0.310 e. The van der Waals surface area contributed by atoms with E-state index in [1.54, 1.807) is 11.8 Å². The van der Waals surface area contributed by atoms with Crippen LogP contribution in [0.5, 0.6) is 0 Å². The lowest BCUT2D eigenvalue weighted by atomic mass is 10.1. The van der Waals surface area contributed by atoms with Crippen LogP contribution >= 0.6 is 27.7 Å². The minimum Gasteiger partial charge on any atom is -0.310 e. The predicted octanol–water partition coefficient (Wildman–Crippen LogP) is 4.00. The maximum atomic E-state index is 4.18. The van der Waals surface area contributed by atoms with Crippen LogP contribution in [0.15, 0.2) is 44.9 Å². The summed E-state index contributed by atoms with van der Waals surface area (Å²) in [6.45, 7) is 5.28. The SMILES string of the molecule is CCNC(C)c1ccc(Sc2cnn(C)c2)c(Br)c1. The second-order valence-corrected chi connectivity index (χ2v) is 6.39. The van der Waals surface area contributed by atoms with E-state index in [2.05, 4.69) is 58.4 Å². The Morgan fingerprint density at radius 1 is 1.47 bits per heavy atom. The minimum absolute atomic E-state index is 0.374. The molecule has 2 aromatic rings. The number of rotatable bonds is 5. The Kier molecular flexibility index (Phi) is 5.07. The van der Waals surface area contributed by atoms with E-state index in [9.17, 15) is 0 Å². The Morgan fingerprint density at radius 2 is 2.26 bits per heavy atom. The molecule has 0 radical (unpaired) electrons. The molecule has 0 bridgehead atoms. The van der Waals surface area contributed by atoms with Gasteiger partial charge in [0.05, 0.1) is 11.1 Å². The van der Waals surface area contributed by atoms with Crippen molar-refractivity contribution in [2.24, 2.45) is 7.05 Å². The second kappa shape index (κ2) is 6.59. The lowest BCUT2D eigenvalue weighted by Crippen LogP contribution is -2.17. The Balaban J connectivity index is 2.15. The average molecular weight is 340 g/mol. The van der Waals surface area contributed by atoms with Gasteiger partial charge in [0.25, 0.3) is 0 Å². The molecule has 5 heteroatoms. The smallest absolute Gasteiger partial charge is 0.0629 e. The van der Waals surface area contributed by atoms with Crippen LogP contribution in [0.1, 0.15) is 25.5 Å². The summed E-state index contributed by atoms with van der Waals surface area (Å²) in [7, 11) is 1.93. The van der Waals surface area contributed by atoms with Gasteiger partial charge in [-0.05, 0) is 47.1 Å². The first kappa shape index (κ1) is 14.6. The zero-order chi connectivity index (χ0) is 13.8. The molecule has 1 unspecified atom stereocenters. The molecule has 1 atom stereocenters. The summed E-state index contributed by atoms with van der Waals surface area (Å²) >= 11 is 5.37. The third-order valence-corrected chi connectivity index (χ3v) is 4.82. The van der Waals surface area contributed by atoms with Crippen LogP contribution in [-0.2, 0) is 7.05 Å². The second-order valence-electron chi connectivity index (χ2n) is 4.42. The van der Waals surface area contributed by atoms with E-state index in [1.807, 2.05) is 24.1 Å². The number of aromatic nitrogens is 2. The lowest BCUT2D eigenvalue weighted by Gasteiger charge is -2.14. The molecule has 0 spiro atoms. The topological polar surface area (TPSA) is 29.9 Å². The molecular formula is C14H18BrN3S. The summed E-state index contributed by atoms with van der Waals surface area (Å²) in [6, 6.07) is 6.90. The molecule has 1 aromatic heterocycles. The molecule has 1 heterocycles. The third kappa shape index (κ3) is 3.84. The van der Waals surface area contributed by atoms with Gasteiger partial charge in [0.15, 0.2) is 0 Å². The van der Waals surface area contributed by atoms with Crippen LogP contribution in [0, 0.1) is 0 Å². The van der Waals surface area contributed by atoms with Crippen molar-refractivity contribution in [2.75, 3.05) is 6.54 Å². The fourth-order valence-electron chi connectivity index (χ4n) is 1.87. The average Bonchev–Trinajstić information content (AvgIpc) is 2.78. The van der Waals surface area contributed by atoms with E-state index in [0.717, 1.165) is 15.9 Å². The molecule has 0 aliphatic rings. The van der Waals surface area contributed by atoms with Crippen molar-refractivity contribution < 1.29 is 0 Å². The molecule has 102 valence electrons. The van der Waals surface area contributed by atoms with Gasteiger partial charge >= 0.3 is 0 Å². The molecule has 1 aromatic carbocycles. The highest BCUT2D eigenvalue weighted by Gasteiger charge is 2.08. The van der Waals surface area contributed by atoms with E-state index in [-0.39, 0.29) is 0 Å². The first-order valence-electron chi connectivity index (χ1n) is 6.29. The summed E-state index contributed by atoms with van der Waals surface area (Å²) in [4.78, 5) is 2.36. The Hall–Kier alpha value is -0.780. The van der Waals surface area contributed by atoms with Crippen LogP contribution < -0.4 is 5.32 Å². The van der Waals surface area contributed by atoms with Gasteiger partial charge in [-0.3, -0.25) is 4.68 Å². The molecular weight excluding hydrogens is 322 g/mol. The summed E-state index contributed by atoms with van der Waals surface area (Å²) in [5.41, 5.74) is 1.30. The number of benzene rings is 1. The van der Waals surface area contributed by atoms with Gasteiger partial charge < -0.3 is 5.32 Å². The van der Waals surface area contributed by atoms with Crippen molar-refractivity contribution in [2.45, 2.75) is 29.7 Å². The Morgan fingerprint density at radius 3 is 2.84 bits per heavy atom. The highest BCUT2D eigenvalue weighted by atomic mass is 79.9. The Bertz CT molecular complexity index is 553. The van der Waals surface area contributed by atoms with Crippen LogP contribution in [-0.4, -0.2) is 16.3 Å². The van der Waals surface area contributed by atoms with Gasteiger partial charge in [-0.2, -0.15) is 5.10 Å². The minimum atomic E-state index is 0.374. The van der Waals surface area contributed by atoms with E-state index in [4.69, 9.17) is 0 Å². The summed E-state index contributed by atoms with van der Waals surface area (Å²) in [5, 5.41) is 7.60. The molecule has 0 saturated heterocycles. The molecule has 0 amide bonds. The summed E-state index contributed by atoms with van der Waals surface area (Å²) in [5.74, 6) is 0. The maximum Gasteiger partial charge on any atom is 0.0629 e. The first-order valence-corrected chi connectivity index (χ1v) is 7.90. The number of nitrogens with one attached hydrogen (secondary N) is 1. The number of aryl methyl sites for hydroxylation is 1. The van der Waals surface area contributed by atoms with Gasteiger partial charge in [0.1, 0.15) is 0 Å². The van der Waals surface area contributed by atoms with Crippen LogP contribution in [0.3, 0.4) is 0 Å². The summed E-state index contributed by atoms with van der Waals surface area (Å²) in [6.07, 6.45) is 3.90. The zero-order valence-electron chi connectivity index (χ0n) is 11.4. The van der Waals surface area contributed by atoms with E-state index >= 15 is 0 Å². The molecule has 0 aliphatic carbocycles. The monoisotopic (exact) mass is 339 g/mol. The van der Waals surface area contributed by atoms with Crippen LogP contribution in [0.4, 0.5) is 0 Å². The van der Waals surface area contributed by atoms with Gasteiger partial charge in [-0.25, -0.2) is 0 Å². The van der Waals surface area contributed by atoms with Gasteiger partial charge in [-0.1, -0.05) is 24.8 Å².